The smallest absolute Gasteiger partial charge is 0.127 e. The molecule has 0 fully saturated rings. The van der Waals surface area contributed by atoms with Crippen LogP contribution >= 0.6 is 22.7 Å². The summed E-state index contributed by atoms with van der Waals surface area (Å²) in [5.41, 5.74) is 4.76. The van der Waals surface area contributed by atoms with Gasteiger partial charge in [-0.1, -0.05) is 18.7 Å². The Morgan fingerprint density at radius 3 is 2.83 bits per heavy atom. The van der Waals surface area contributed by atoms with Crippen molar-refractivity contribution >= 4 is 37.9 Å². The van der Waals surface area contributed by atoms with Crippen molar-refractivity contribution in [3.05, 3.63) is 47.0 Å². The van der Waals surface area contributed by atoms with Gasteiger partial charge in [0.1, 0.15) is 10.0 Å². The lowest BCUT2D eigenvalue weighted by molar-refractivity contribution is 0.453. The first-order valence-corrected chi connectivity index (χ1v) is 9.86. The fourth-order valence-electron chi connectivity index (χ4n) is 3.39. The number of thiazole rings is 1. The third kappa shape index (κ3) is 2.66. The monoisotopic (exact) mass is 355 g/mol. The number of anilines is 1. The maximum absolute atomic E-state index is 4.92. The van der Waals surface area contributed by atoms with Crippen molar-refractivity contribution in [2.45, 2.75) is 39.3 Å². The molecule has 3 aromatic rings. The molecule has 0 aliphatic carbocycles. The molecular formula is C19H21N3S2. The third-order valence-corrected chi connectivity index (χ3v) is 6.70. The summed E-state index contributed by atoms with van der Waals surface area (Å²) in [5, 5.41) is 9.41. The van der Waals surface area contributed by atoms with Crippen molar-refractivity contribution in [1.29, 1.82) is 0 Å². The summed E-state index contributed by atoms with van der Waals surface area (Å²) in [6, 6.07) is 9.22. The van der Waals surface area contributed by atoms with E-state index < -0.39 is 0 Å². The number of nitrogens with one attached hydrogen (secondary N) is 2. The van der Waals surface area contributed by atoms with Crippen LogP contribution in [-0.2, 0) is 6.42 Å². The van der Waals surface area contributed by atoms with Gasteiger partial charge in [-0.2, -0.15) is 0 Å². The van der Waals surface area contributed by atoms with Gasteiger partial charge in [0.05, 0.1) is 10.2 Å². The van der Waals surface area contributed by atoms with E-state index >= 15 is 0 Å². The number of para-hydroxylation sites is 1. The van der Waals surface area contributed by atoms with Gasteiger partial charge in [0.2, 0.25) is 0 Å². The van der Waals surface area contributed by atoms with Gasteiger partial charge in [-0.05, 0) is 44.9 Å². The molecule has 3 heterocycles. The summed E-state index contributed by atoms with van der Waals surface area (Å²) in [6.07, 6.45) is 1.04. The van der Waals surface area contributed by atoms with Gasteiger partial charge >= 0.3 is 0 Å². The van der Waals surface area contributed by atoms with Crippen LogP contribution in [0.3, 0.4) is 0 Å². The maximum atomic E-state index is 4.92. The Balaban J connectivity index is 1.93. The maximum Gasteiger partial charge on any atom is 0.127 e. The zero-order chi connectivity index (χ0) is 16.8. The van der Waals surface area contributed by atoms with Crippen molar-refractivity contribution in [3.63, 3.8) is 0 Å². The number of benzene rings is 1. The average molecular weight is 356 g/mol. The molecular weight excluding hydrogens is 334 g/mol. The number of nitrogens with zero attached hydrogens (tertiary/aromatic N) is 1. The largest absolute Gasteiger partial charge is 0.351 e. The molecule has 1 aromatic carbocycles. The molecule has 1 aliphatic heterocycles. The number of hydrogen-bond acceptors (Lipinski definition) is 5. The van der Waals surface area contributed by atoms with Crippen LogP contribution in [0.15, 0.2) is 36.5 Å². The molecule has 0 spiro atoms. The van der Waals surface area contributed by atoms with Gasteiger partial charge in [-0.25, -0.2) is 4.98 Å². The summed E-state index contributed by atoms with van der Waals surface area (Å²) < 4.78 is 1.24. The second kappa shape index (κ2) is 5.99. The molecule has 3 nitrogen and oxygen atoms in total. The first kappa shape index (κ1) is 15.8. The van der Waals surface area contributed by atoms with Gasteiger partial charge in [0, 0.05) is 28.2 Å². The number of rotatable bonds is 3. The van der Waals surface area contributed by atoms with Gasteiger partial charge in [-0.3, -0.25) is 0 Å². The van der Waals surface area contributed by atoms with Crippen LogP contribution in [0.25, 0.3) is 20.8 Å². The van der Waals surface area contributed by atoms with Crippen LogP contribution in [0, 0.1) is 0 Å². The van der Waals surface area contributed by atoms with Crippen LogP contribution < -0.4 is 10.6 Å². The number of allylic oxidation sites excluding steroid dienone is 1. The highest BCUT2D eigenvalue weighted by atomic mass is 32.1. The zero-order valence-electron chi connectivity index (χ0n) is 14.1. The first-order chi connectivity index (χ1) is 11.5. The third-order valence-electron chi connectivity index (χ3n) is 4.31. The first-order valence-electron chi connectivity index (χ1n) is 8.23. The highest BCUT2D eigenvalue weighted by Crippen LogP contribution is 2.47. The molecule has 1 aliphatic rings. The Morgan fingerprint density at radius 1 is 1.29 bits per heavy atom. The van der Waals surface area contributed by atoms with E-state index in [1.165, 1.54) is 25.7 Å². The fourth-order valence-corrected chi connectivity index (χ4v) is 5.82. The zero-order valence-corrected chi connectivity index (χ0v) is 15.8. The number of aromatic nitrogens is 1. The Kier molecular flexibility index (Phi) is 3.95. The minimum atomic E-state index is 0.377. The van der Waals surface area contributed by atoms with Gasteiger partial charge in [-0.15, -0.1) is 22.7 Å². The van der Waals surface area contributed by atoms with Crippen molar-refractivity contribution in [3.8, 4) is 10.6 Å². The second-order valence-corrected chi connectivity index (χ2v) is 8.62. The molecule has 0 bridgehead atoms. The molecule has 5 heteroatoms. The lowest BCUT2D eigenvalue weighted by Gasteiger charge is -2.26. The quantitative estimate of drug-likeness (QED) is 0.645. The molecule has 0 amide bonds. The summed E-state index contributed by atoms with van der Waals surface area (Å²) in [4.78, 5) is 6.34. The lowest BCUT2D eigenvalue weighted by Crippen LogP contribution is -2.35. The SMILES string of the molecule is C=C(C)Nc1sc2c(c1-c1nc3ccccc3s1)C[C@@H](C)N[C@H]2C. The predicted molar refractivity (Wildman–Crippen MR) is 106 cm³/mol. The molecule has 0 radical (unpaired) electrons. The summed E-state index contributed by atoms with van der Waals surface area (Å²) in [6.45, 7) is 10.5. The van der Waals surface area contributed by atoms with Crippen LogP contribution in [0.4, 0.5) is 5.00 Å². The van der Waals surface area contributed by atoms with Crippen molar-refractivity contribution < 1.29 is 0 Å². The lowest BCUT2D eigenvalue weighted by atomic mass is 9.95. The van der Waals surface area contributed by atoms with E-state index in [4.69, 9.17) is 4.98 Å². The van der Waals surface area contributed by atoms with Crippen LogP contribution in [-0.4, -0.2) is 11.0 Å². The van der Waals surface area contributed by atoms with Crippen molar-refractivity contribution in [2.24, 2.45) is 0 Å². The van der Waals surface area contributed by atoms with E-state index in [-0.39, 0.29) is 0 Å². The predicted octanol–water partition coefficient (Wildman–Crippen LogP) is 5.57. The summed E-state index contributed by atoms with van der Waals surface area (Å²) in [7, 11) is 0. The van der Waals surface area contributed by atoms with Gasteiger partial charge < -0.3 is 10.6 Å². The van der Waals surface area contributed by atoms with Crippen LogP contribution in [0.5, 0.6) is 0 Å². The molecule has 124 valence electrons. The fraction of sp³-hybridized carbons (Fsp3) is 0.316. The summed E-state index contributed by atoms with van der Waals surface area (Å²) in [5.74, 6) is 0. The molecule has 0 saturated carbocycles. The topological polar surface area (TPSA) is 37.0 Å². The van der Waals surface area contributed by atoms with Crippen LogP contribution in [0.1, 0.15) is 37.3 Å². The van der Waals surface area contributed by atoms with E-state index in [9.17, 15) is 0 Å². The van der Waals surface area contributed by atoms with Crippen molar-refractivity contribution in [1.82, 2.24) is 10.3 Å². The highest BCUT2D eigenvalue weighted by Gasteiger charge is 2.29. The van der Waals surface area contributed by atoms with Crippen LogP contribution in [0.2, 0.25) is 0 Å². The Bertz CT molecular complexity index is 889. The molecule has 0 unspecified atom stereocenters. The summed E-state index contributed by atoms with van der Waals surface area (Å²) >= 11 is 3.61. The molecule has 2 N–H and O–H groups in total. The highest BCUT2D eigenvalue weighted by molar-refractivity contribution is 7.22. The molecule has 0 saturated heterocycles. The van der Waals surface area contributed by atoms with E-state index in [1.54, 1.807) is 11.3 Å². The van der Waals surface area contributed by atoms with E-state index in [0.29, 0.717) is 12.1 Å². The average Bonchev–Trinajstić information content (AvgIpc) is 3.07. The standard InChI is InChI=1S/C19H21N3S2/c1-10(2)20-18-16(13-9-11(3)21-12(4)17(13)24-18)19-22-14-7-5-6-8-15(14)23-19/h5-8,11-12,20-21H,1,9H2,2-4H3/t11-,12+/m1/s1. The number of fused-ring (bicyclic) bond motifs is 2. The Labute approximate surface area is 150 Å². The Hall–Kier alpha value is -1.69. The molecule has 24 heavy (non-hydrogen) atoms. The van der Waals surface area contributed by atoms with Gasteiger partial charge in [0.15, 0.2) is 0 Å². The molecule has 2 atom stereocenters. The van der Waals surface area contributed by atoms with Crippen molar-refractivity contribution in [2.75, 3.05) is 5.32 Å². The normalized spacial score (nSPS) is 20.1. The second-order valence-electron chi connectivity index (χ2n) is 6.53. The van der Waals surface area contributed by atoms with E-state index in [1.807, 2.05) is 18.3 Å². The van der Waals surface area contributed by atoms with Gasteiger partial charge in [0.25, 0.3) is 0 Å². The van der Waals surface area contributed by atoms with E-state index in [2.05, 4.69) is 55.3 Å². The number of thiophene rings is 1. The Morgan fingerprint density at radius 2 is 2.08 bits per heavy atom. The molecule has 4 rings (SSSR count). The van der Waals surface area contributed by atoms with E-state index in [0.717, 1.165) is 22.6 Å². The molecule has 2 aromatic heterocycles. The minimum Gasteiger partial charge on any atom is -0.351 e. The number of hydrogen-bond donors (Lipinski definition) is 2. The minimum absolute atomic E-state index is 0.377.